The van der Waals surface area contributed by atoms with Crippen LogP contribution in [-0.4, -0.2) is 30.4 Å². The van der Waals surface area contributed by atoms with Crippen LogP contribution in [-0.2, 0) is 9.31 Å². The number of methoxy groups -OCH3 is 1. The fourth-order valence-corrected chi connectivity index (χ4v) is 1.84. The van der Waals surface area contributed by atoms with Crippen LogP contribution in [0, 0.1) is 12.3 Å². The highest BCUT2D eigenvalue weighted by molar-refractivity contribution is 6.62. The van der Waals surface area contributed by atoms with Gasteiger partial charge >= 0.3 is 7.12 Å². The lowest BCUT2D eigenvalue weighted by Gasteiger charge is -2.32. The SMILES string of the molecule is C#Cc1ccc(OC)c(B2OC(C)(C)C(C)(C)O2)n1. The van der Waals surface area contributed by atoms with Gasteiger partial charge in [-0.05, 0) is 39.8 Å². The van der Waals surface area contributed by atoms with E-state index in [1.54, 1.807) is 19.2 Å². The topological polar surface area (TPSA) is 40.6 Å². The summed E-state index contributed by atoms with van der Waals surface area (Å²) < 4.78 is 17.2. The minimum Gasteiger partial charge on any atom is -0.496 e. The maximum absolute atomic E-state index is 5.96. The van der Waals surface area contributed by atoms with Crippen LogP contribution in [0.1, 0.15) is 33.4 Å². The summed E-state index contributed by atoms with van der Waals surface area (Å²) in [6, 6.07) is 3.51. The number of rotatable bonds is 2. The molecule has 1 fully saturated rings. The third-order valence-corrected chi connectivity index (χ3v) is 3.73. The summed E-state index contributed by atoms with van der Waals surface area (Å²) in [5.41, 5.74) is 0.273. The van der Waals surface area contributed by atoms with Crippen LogP contribution in [0.3, 0.4) is 0 Å². The average molecular weight is 259 g/mol. The van der Waals surface area contributed by atoms with E-state index < -0.39 is 18.3 Å². The average Bonchev–Trinajstić information content (AvgIpc) is 2.57. The molecule has 2 heterocycles. The van der Waals surface area contributed by atoms with Crippen LogP contribution in [0.25, 0.3) is 0 Å². The van der Waals surface area contributed by atoms with E-state index in [0.717, 1.165) is 0 Å². The summed E-state index contributed by atoms with van der Waals surface area (Å²) >= 11 is 0. The van der Waals surface area contributed by atoms with Gasteiger partial charge in [-0.3, -0.25) is 0 Å². The molecule has 100 valence electrons. The smallest absolute Gasteiger partial charge is 0.496 e. The Hall–Kier alpha value is -1.51. The molecule has 0 unspecified atom stereocenters. The van der Waals surface area contributed by atoms with Gasteiger partial charge in [0.1, 0.15) is 17.0 Å². The molecule has 0 radical (unpaired) electrons. The molecule has 1 saturated heterocycles. The Bertz CT molecular complexity index is 518. The van der Waals surface area contributed by atoms with Crippen LogP contribution in [0.5, 0.6) is 5.75 Å². The summed E-state index contributed by atoms with van der Waals surface area (Å²) in [5, 5.41) is 0. The van der Waals surface area contributed by atoms with E-state index >= 15 is 0 Å². The molecule has 1 aromatic rings. The van der Waals surface area contributed by atoms with E-state index in [4.69, 9.17) is 20.5 Å². The van der Waals surface area contributed by atoms with Gasteiger partial charge in [0.25, 0.3) is 0 Å². The first-order valence-electron chi connectivity index (χ1n) is 6.18. The fraction of sp³-hybridized carbons (Fsp3) is 0.500. The van der Waals surface area contributed by atoms with Crippen molar-refractivity contribution in [1.29, 1.82) is 0 Å². The van der Waals surface area contributed by atoms with E-state index in [9.17, 15) is 0 Å². The molecule has 1 aliphatic heterocycles. The third-order valence-electron chi connectivity index (χ3n) is 3.73. The Balaban J connectivity index is 2.41. The van der Waals surface area contributed by atoms with Gasteiger partial charge in [0.15, 0.2) is 0 Å². The Morgan fingerprint density at radius 2 is 1.79 bits per heavy atom. The largest absolute Gasteiger partial charge is 0.518 e. The van der Waals surface area contributed by atoms with Crippen LogP contribution < -0.4 is 10.3 Å². The maximum atomic E-state index is 5.96. The second-order valence-electron chi connectivity index (χ2n) is 5.52. The van der Waals surface area contributed by atoms with Crippen molar-refractivity contribution in [1.82, 2.24) is 4.98 Å². The number of terminal acetylenes is 1. The normalized spacial score (nSPS) is 20.1. The molecule has 0 aromatic carbocycles. The van der Waals surface area contributed by atoms with E-state index in [0.29, 0.717) is 17.0 Å². The summed E-state index contributed by atoms with van der Waals surface area (Å²) in [7, 11) is 1.01. The molecule has 0 aliphatic carbocycles. The first-order valence-corrected chi connectivity index (χ1v) is 6.18. The molecule has 0 amide bonds. The van der Waals surface area contributed by atoms with Crippen LogP contribution >= 0.6 is 0 Å². The number of nitrogens with zero attached hydrogens (tertiary/aromatic N) is 1. The van der Waals surface area contributed by atoms with Crippen molar-refractivity contribution in [2.45, 2.75) is 38.9 Å². The summed E-state index contributed by atoms with van der Waals surface area (Å²) in [5.74, 6) is 3.11. The predicted molar refractivity (Wildman–Crippen MR) is 74.4 cm³/mol. The van der Waals surface area contributed by atoms with Gasteiger partial charge in [0, 0.05) is 0 Å². The predicted octanol–water partition coefficient (Wildman–Crippen LogP) is 1.37. The molecule has 1 aliphatic rings. The van der Waals surface area contributed by atoms with Crippen LogP contribution in [0.4, 0.5) is 0 Å². The summed E-state index contributed by atoms with van der Waals surface area (Å²) in [4.78, 5) is 4.36. The Morgan fingerprint density at radius 3 is 2.26 bits per heavy atom. The van der Waals surface area contributed by atoms with Crippen molar-refractivity contribution in [2.75, 3.05) is 7.11 Å². The second kappa shape index (κ2) is 4.55. The summed E-state index contributed by atoms with van der Waals surface area (Å²) in [6.07, 6.45) is 5.38. The zero-order valence-corrected chi connectivity index (χ0v) is 12.0. The van der Waals surface area contributed by atoms with Crippen molar-refractivity contribution in [3.8, 4) is 18.1 Å². The molecule has 0 saturated carbocycles. The van der Waals surface area contributed by atoms with E-state index in [2.05, 4.69) is 10.9 Å². The third kappa shape index (κ3) is 2.34. The Kier molecular flexibility index (Phi) is 3.33. The Labute approximate surface area is 114 Å². The highest BCUT2D eigenvalue weighted by atomic mass is 16.7. The van der Waals surface area contributed by atoms with Crippen molar-refractivity contribution in [3.05, 3.63) is 17.8 Å². The van der Waals surface area contributed by atoms with Gasteiger partial charge in [-0.2, -0.15) is 0 Å². The van der Waals surface area contributed by atoms with Crippen molar-refractivity contribution in [2.24, 2.45) is 0 Å². The van der Waals surface area contributed by atoms with Crippen molar-refractivity contribution < 1.29 is 14.0 Å². The van der Waals surface area contributed by atoms with Gasteiger partial charge in [-0.1, -0.05) is 5.92 Å². The minimum absolute atomic E-state index is 0.420. The molecule has 5 heteroatoms. The number of hydrogen-bond donors (Lipinski definition) is 0. The van der Waals surface area contributed by atoms with Gasteiger partial charge in [0.05, 0.1) is 18.3 Å². The monoisotopic (exact) mass is 259 g/mol. The lowest BCUT2D eigenvalue weighted by atomic mass is 9.83. The summed E-state index contributed by atoms with van der Waals surface area (Å²) in [6.45, 7) is 7.96. The minimum atomic E-state index is -0.576. The molecular formula is C14H18BNO3. The molecule has 4 nitrogen and oxygen atoms in total. The zero-order chi connectivity index (χ0) is 14.3. The lowest BCUT2D eigenvalue weighted by Crippen LogP contribution is -2.41. The van der Waals surface area contributed by atoms with Crippen LogP contribution in [0.15, 0.2) is 12.1 Å². The van der Waals surface area contributed by atoms with Crippen LogP contribution in [0.2, 0.25) is 0 Å². The molecule has 0 atom stereocenters. The molecule has 1 aromatic heterocycles. The van der Waals surface area contributed by atoms with E-state index in [1.165, 1.54) is 0 Å². The number of ether oxygens (including phenoxy) is 1. The molecule has 0 N–H and O–H groups in total. The van der Waals surface area contributed by atoms with Gasteiger partial charge in [-0.15, -0.1) is 6.42 Å². The molecule has 19 heavy (non-hydrogen) atoms. The quantitative estimate of drug-likeness (QED) is 0.594. The van der Waals surface area contributed by atoms with Gasteiger partial charge in [-0.25, -0.2) is 4.98 Å². The fourth-order valence-electron chi connectivity index (χ4n) is 1.84. The number of aromatic nitrogens is 1. The van der Waals surface area contributed by atoms with Crippen molar-refractivity contribution in [3.63, 3.8) is 0 Å². The van der Waals surface area contributed by atoms with E-state index in [-0.39, 0.29) is 0 Å². The van der Waals surface area contributed by atoms with Crippen molar-refractivity contribution >= 4 is 12.7 Å². The van der Waals surface area contributed by atoms with Gasteiger partial charge in [0.2, 0.25) is 0 Å². The number of pyridine rings is 1. The second-order valence-corrected chi connectivity index (χ2v) is 5.52. The molecule has 0 bridgehead atoms. The highest BCUT2D eigenvalue weighted by Gasteiger charge is 2.53. The first kappa shape index (κ1) is 13.9. The first-order chi connectivity index (χ1) is 8.80. The van der Waals surface area contributed by atoms with Gasteiger partial charge < -0.3 is 14.0 Å². The highest BCUT2D eigenvalue weighted by Crippen LogP contribution is 2.36. The lowest BCUT2D eigenvalue weighted by molar-refractivity contribution is 0.00578. The number of hydrogen-bond acceptors (Lipinski definition) is 4. The maximum Gasteiger partial charge on any atom is 0.518 e. The molecular weight excluding hydrogens is 241 g/mol. The molecule has 0 spiro atoms. The standard InChI is InChI=1S/C14H18BNO3/c1-7-10-8-9-11(17-6)12(16-10)15-18-13(2,3)14(4,5)19-15/h1,8-9H,2-6H3. The molecule has 2 rings (SSSR count). The Morgan fingerprint density at radius 1 is 1.21 bits per heavy atom. The zero-order valence-electron chi connectivity index (χ0n) is 12.0. The van der Waals surface area contributed by atoms with E-state index in [1.807, 2.05) is 27.7 Å².